The molecule has 1 heterocycles. The summed E-state index contributed by atoms with van der Waals surface area (Å²) in [5, 5.41) is 8.91. The molecule has 1 N–H and O–H groups in total. The van der Waals surface area contributed by atoms with Gasteiger partial charge in [-0.05, 0) is 26.0 Å². The first-order chi connectivity index (χ1) is 8.80. The summed E-state index contributed by atoms with van der Waals surface area (Å²) in [5.41, 5.74) is 0. The molecule has 0 saturated carbocycles. The molecule has 19 heavy (non-hydrogen) atoms. The van der Waals surface area contributed by atoms with Crippen LogP contribution in [0.2, 0.25) is 0 Å². The Morgan fingerprint density at radius 2 is 2.00 bits per heavy atom. The zero-order chi connectivity index (χ0) is 14.6. The third-order valence-corrected chi connectivity index (χ3v) is 6.44. The predicted octanol–water partition coefficient (Wildman–Crippen LogP) is 0.711. The Morgan fingerprint density at radius 3 is 2.42 bits per heavy atom. The van der Waals surface area contributed by atoms with Crippen LogP contribution in [-0.2, 0) is 15.0 Å². The average molecular weight is 310 g/mol. The molecular weight excluding hydrogens is 288 g/mol. The number of hydrogen-bond donors (Lipinski definition) is 1. The fourth-order valence-corrected chi connectivity index (χ4v) is 4.46. The molecule has 1 atom stereocenters. The largest absolute Gasteiger partial charge is 0.481 e. The van der Waals surface area contributed by atoms with E-state index in [1.807, 2.05) is 13.2 Å². The van der Waals surface area contributed by atoms with Gasteiger partial charge in [-0.3, -0.25) is 4.79 Å². The minimum Gasteiger partial charge on any atom is -0.481 e. The van der Waals surface area contributed by atoms with E-state index in [4.69, 9.17) is 5.11 Å². The first-order valence-electron chi connectivity index (χ1n) is 6.25. The van der Waals surface area contributed by atoms with Gasteiger partial charge in [-0.2, -0.15) is 28.8 Å². The highest BCUT2D eigenvalue weighted by molar-refractivity contribution is 7.98. The van der Waals surface area contributed by atoms with Gasteiger partial charge in [0.05, 0.1) is 5.92 Å². The Bertz CT molecular complexity index is 405. The van der Waals surface area contributed by atoms with Crippen LogP contribution in [0.1, 0.15) is 19.8 Å². The summed E-state index contributed by atoms with van der Waals surface area (Å²) < 4.78 is 27.5. The fraction of sp³-hybridized carbons (Fsp3) is 0.909. The van der Waals surface area contributed by atoms with Crippen molar-refractivity contribution in [3.8, 4) is 0 Å². The first-order valence-corrected chi connectivity index (χ1v) is 9.04. The lowest BCUT2D eigenvalue weighted by Gasteiger charge is -2.34. The van der Waals surface area contributed by atoms with Crippen LogP contribution in [0.15, 0.2) is 0 Å². The van der Waals surface area contributed by atoms with E-state index in [0.717, 1.165) is 5.75 Å². The molecule has 1 rings (SSSR count). The van der Waals surface area contributed by atoms with E-state index >= 15 is 0 Å². The quantitative estimate of drug-likeness (QED) is 0.782. The molecule has 0 radical (unpaired) electrons. The molecule has 6 nitrogen and oxygen atoms in total. The number of rotatable bonds is 6. The molecule has 0 aromatic carbocycles. The van der Waals surface area contributed by atoms with Crippen molar-refractivity contribution in [2.24, 2.45) is 5.92 Å². The maximum Gasteiger partial charge on any atom is 0.306 e. The molecule has 1 unspecified atom stereocenters. The van der Waals surface area contributed by atoms with Gasteiger partial charge >= 0.3 is 5.97 Å². The van der Waals surface area contributed by atoms with Crippen molar-refractivity contribution in [2.75, 3.05) is 32.1 Å². The number of piperidine rings is 1. The Kier molecular flexibility index (Phi) is 6.10. The topological polar surface area (TPSA) is 77.9 Å². The molecule has 1 fully saturated rings. The Morgan fingerprint density at radius 1 is 1.47 bits per heavy atom. The third-order valence-electron chi connectivity index (χ3n) is 3.52. The van der Waals surface area contributed by atoms with Gasteiger partial charge in [-0.25, -0.2) is 0 Å². The Balaban J connectivity index is 2.67. The van der Waals surface area contributed by atoms with Crippen molar-refractivity contribution < 1.29 is 18.3 Å². The van der Waals surface area contributed by atoms with Crippen LogP contribution in [0.25, 0.3) is 0 Å². The number of hydrogen-bond acceptors (Lipinski definition) is 4. The van der Waals surface area contributed by atoms with Crippen LogP contribution < -0.4 is 0 Å². The molecule has 0 aromatic heterocycles. The van der Waals surface area contributed by atoms with E-state index in [-0.39, 0.29) is 19.1 Å². The maximum atomic E-state index is 12.4. The van der Waals surface area contributed by atoms with Crippen molar-refractivity contribution in [3.05, 3.63) is 0 Å². The molecule has 0 aromatic rings. The highest BCUT2D eigenvalue weighted by Gasteiger charge is 2.34. The summed E-state index contributed by atoms with van der Waals surface area (Å²) in [6.45, 7) is 2.45. The van der Waals surface area contributed by atoms with Gasteiger partial charge in [0.2, 0.25) is 0 Å². The second kappa shape index (κ2) is 6.92. The van der Waals surface area contributed by atoms with Gasteiger partial charge in [-0.15, -0.1) is 0 Å². The van der Waals surface area contributed by atoms with E-state index < -0.39 is 22.1 Å². The van der Waals surface area contributed by atoms with Crippen LogP contribution >= 0.6 is 11.8 Å². The van der Waals surface area contributed by atoms with Gasteiger partial charge < -0.3 is 5.11 Å². The zero-order valence-corrected chi connectivity index (χ0v) is 13.2. The van der Waals surface area contributed by atoms with Crippen LogP contribution in [0.4, 0.5) is 0 Å². The summed E-state index contributed by atoms with van der Waals surface area (Å²) in [6, 6.07) is -0.0720. The number of thioether (sulfide) groups is 1. The summed E-state index contributed by atoms with van der Waals surface area (Å²) >= 11 is 1.60. The maximum absolute atomic E-state index is 12.4. The molecule has 0 spiro atoms. The molecular formula is C11H22N2O4S2. The van der Waals surface area contributed by atoms with E-state index in [9.17, 15) is 13.2 Å². The first kappa shape index (κ1) is 16.7. The minimum atomic E-state index is -3.47. The highest BCUT2D eigenvalue weighted by Crippen LogP contribution is 2.22. The van der Waals surface area contributed by atoms with E-state index in [1.165, 1.54) is 8.61 Å². The monoisotopic (exact) mass is 310 g/mol. The molecule has 1 aliphatic heterocycles. The van der Waals surface area contributed by atoms with Crippen molar-refractivity contribution in [1.82, 2.24) is 8.61 Å². The predicted molar refractivity (Wildman–Crippen MR) is 76.5 cm³/mol. The third kappa shape index (κ3) is 4.08. The number of carboxylic acids is 1. The SMILES string of the molecule is CSCC(C)N(C)S(=O)(=O)N1CCC(C(=O)O)CC1. The van der Waals surface area contributed by atoms with Crippen molar-refractivity contribution in [2.45, 2.75) is 25.8 Å². The lowest BCUT2D eigenvalue weighted by atomic mass is 9.99. The Labute approximate surface area is 119 Å². The number of carboxylic acid groups (broad SMARTS) is 1. The summed E-state index contributed by atoms with van der Waals surface area (Å²) in [6.07, 6.45) is 2.72. The van der Waals surface area contributed by atoms with Crippen molar-refractivity contribution in [1.29, 1.82) is 0 Å². The molecule has 0 bridgehead atoms. The normalized spacial score (nSPS) is 20.6. The van der Waals surface area contributed by atoms with Gasteiger partial charge in [0.1, 0.15) is 0 Å². The molecule has 1 saturated heterocycles. The van der Waals surface area contributed by atoms with Gasteiger partial charge in [0.25, 0.3) is 10.2 Å². The highest BCUT2D eigenvalue weighted by atomic mass is 32.2. The average Bonchev–Trinajstić information content (AvgIpc) is 2.38. The van der Waals surface area contributed by atoms with Crippen LogP contribution in [0.3, 0.4) is 0 Å². The van der Waals surface area contributed by atoms with Crippen LogP contribution in [-0.4, -0.2) is 66.3 Å². The van der Waals surface area contributed by atoms with Crippen molar-refractivity contribution >= 4 is 27.9 Å². The van der Waals surface area contributed by atoms with E-state index in [0.29, 0.717) is 12.8 Å². The lowest BCUT2D eigenvalue weighted by molar-refractivity contribution is -0.142. The van der Waals surface area contributed by atoms with Crippen molar-refractivity contribution in [3.63, 3.8) is 0 Å². The number of aliphatic carboxylic acids is 1. The van der Waals surface area contributed by atoms with E-state index in [2.05, 4.69) is 0 Å². The fourth-order valence-electron chi connectivity index (χ4n) is 2.09. The zero-order valence-electron chi connectivity index (χ0n) is 11.6. The summed E-state index contributed by atoms with van der Waals surface area (Å²) in [4.78, 5) is 10.9. The summed E-state index contributed by atoms with van der Waals surface area (Å²) in [5.74, 6) is -0.511. The number of nitrogens with zero attached hydrogens (tertiary/aromatic N) is 2. The standard InChI is InChI=1S/C11H22N2O4S2/c1-9(8-18-3)12(2)19(16,17)13-6-4-10(5-7-13)11(14)15/h9-10H,4-8H2,1-3H3,(H,14,15). The molecule has 0 amide bonds. The lowest BCUT2D eigenvalue weighted by Crippen LogP contribution is -2.49. The second-order valence-corrected chi connectivity index (χ2v) is 7.74. The molecule has 0 aliphatic carbocycles. The number of carbonyl (C=O) groups is 1. The van der Waals surface area contributed by atoms with Crippen LogP contribution in [0, 0.1) is 5.92 Å². The second-order valence-electron chi connectivity index (χ2n) is 4.84. The van der Waals surface area contributed by atoms with Crippen LogP contribution in [0.5, 0.6) is 0 Å². The van der Waals surface area contributed by atoms with Gasteiger partial charge in [0.15, 0.2) is 0 Å². The molecule has 8 heteroatoms. The Hall–Kier alpha value is -0.310. The smallest absolute Gasteiger partial charge is 0.306 e. The van der Waals surface area contributed by atoms with Gasteiger partial charge in [-0.1, -0.05) is 0 Å². The molecule has 112 valence electrons. The molecule has 1 aliphatic rings. The summed E-state index contributed by atoms with van der Waals surface area (Å²) in [7, 11) is -1.89. The van der Waals surface area contributed by atoms with E-state index in [1.54, 1.807) is 18.8 Å². The van der Waals surface area contributed by atoms with Gasteiger partial charge in [0, 0.05) is 31.9 Å². The minimum absolute atomic E-state index is 0.0720.